The highest BCUT2D eigenvalue weighted by Crippen LogP contribution is 2.27. The summed E-state index contributed by atoms with van der Waals surface area (Å²) >= 11 is 5.77. The molecule has 6 heteroatoms. The fourth-order valence-corrected chi connectivity index (χ4v) is 1.56. The maximum absolute atomic E-state index is 9.29. The lowest BCUT2D eigenvalue weighted by Gasteiger charge is -2.04. The molecule has 1 aromatic carbocycles. The van der Waals surface area contributed by atoms with Gasteiger partial charge in [-0.2, -0.15) is 0 Å². The first kappa shape index (κ1) is 12.2. The number of nitrogens with zero attached hydrogens (tertiary/aromatic N) is 2. The van der Waals surface area contributed by atoms with E-state index in [1.165, 1.54) is 12.1 Å². The summed E-state index contributed by atoms with van der Waals surface area (Å²) in [7, 11) is 0. The fourth-order valence-electron chi connectivity index (χ4n) is 1.39. The van der Waals surface area contributed by atoms with Crippen LogP contribution in [0.25, 0.3) is 0 Å². The molecule has 2 rings (SSSR count). The fraction of sp³-hybridized carbons (Fsp3) is 0. The number of anilines is 1. The van der Waals surface area contributed by atoms with Crippen LogP contribution < -0.4 is 11.5 Å². The Labute approximate surface area is 109 Å². The highest BCUT2D eigenvalue weighted by molar-refractivity contribution is 6.32. The number of hydrogen-bond acceptors (Lipinski definition) is 4. The molecule has 0 aliphatic heterocycles. The standard InChI is InChI=1S/C12H11ClN4O/c13-8-6-7(3-4-10(8)18)17-12(15)11-9(14)2-1-5-16-11/h1-6,18H,14H2,(H2,15,17). The maximum Gasteiger partial charge on any atom is 0.152 e. The van der Waals surface area contributed by atoms with Gasteiger partial charge in [-0.1, -0.05) is 11.6 Å². The number of aromatic nitrogens is 1. The van der Waals surface area contributed by atoms with Gasteiger partial charge in [-0.15, -0.1) is 0 Å². The van der Waals surface area contributed by atoms with Crippen LogP contribution >= 0.6 is 11.6 Å². The summed E-state index contributed by atoms with van der Waals surface area (Å²) in [6, 6.07) is 7.93. The minimum Gasteiger partial charge on any atom is -0.506 e. The van der Waals surface area contributed by atoms with Gasteiger partial charge in [0.05, 0.1) is 16.4 Å². The van der Waals surface area contributed by atoms with Crippen LogP contribution in [-0.4, -0.2) is 15.9 Å². The number of amidine groups is 1. The van der Waals surface area contributed by atoms with Crippen LogP contribution in [0.15, 0.2) is 41.5 Å². The van der Waals surface area contributed by atoms with Gasteiger partial charge in [0.2, 0.25) is 0 Å². The third-order valence-electron chi connectivity index (χ3n) is 2.26. The lowest BCUT2D eigenvalue weighted by molar-refractivity contribution is 0.475. The maximum atomic E-state index is 9.29. The Bertz CT molecular complexity index is 613. The zero-order valence-electron chi connectivity index (χ0n) is 9.34. The number of nitrogen functional groups attached to an aromatic ring is 1. The van der Waals surface area contributed by atoms with E-state index in [0.29, 0.717) is 17.1 Å². The summed E-state index contributed by atoms with van der Waals surface area (Å²) in [5, 5.41) is 9.50. The molecule has 5 N–H and O–H groups in total. The van der Waals surface area contributed by atoms with Gasteiger partial charge >= 0.3 is 0 Å². The van der Waals surface area contributed by atoms with E-state index in [-0.39, 0.29) is 16.6 Å². The molecule has 5 nitrogen and oxygen atoms in total. The van der Waals surface area contributed by atoms with Gasteiger partial charge in [-0.05, 0) is 30.3 Å². The van der Waals surface area contributed by atoms with Gasteiger partial charge in [0, 0.05) is 6.20 Å². The van der Waals surface area contributed by atoms with Gasteiger partial charge < -0.3 is 16.6 Å². The molecule has 0 saturated heterocycles. The van der Waals surface area contributed by atoms with Gasteiger partial charge in [-0.25, -0.2) is 4.99 Å². The van der Waals surface area contributed by atoms with E-state index < -0.39 is 0 Å². The zero-order valence-corrected chi connectivity index (χ0v) is 10.1. The molecule has 0 radical (unpaired) electrons. The summed E-state index contributed by atoms with van der Waals surface area (Å²) in [5.74, 6) is 0.182. The minimum absolute atomic E-state index is 0.00784. The monoisotopic (exact) mass is 262 g/mol. The Morgan fingerprint density at radius 1 is 1.33 bits per heavy atom. The van der Waals surface area contributed by atoms with E-state index in [1.54, 1.807) is 24.4 Å². The first-order chi connectivity index (χ1) is 8.58. The van der Waals surface area contributed by atoms with Gasteiger partial charge in [0.25, 0.3) is 0 Å². The van der Waals surface area contributed by atoms with Crippen molar-refractivity contribution in [1.82, 2.24) is 4.98 Å². The first-order valence-electron chi connectivity index (χ1n) is 5.11. The topological polar surface area (TPSA) is 97.5 Å². The van der Waals surface area contributed by atoms with E-state index >= 15 is 0 Å². The molecule has 0 spiro atoms. The lowest BCUT2D eigenvalue weighted by Crippen LogP contribution is -2.16. The number of aromatic hydroxyl groups is 1. The predicted molar refractivity (Wildman–Crippen MR) is 72.2 cm³/mol. The molecule has 18 heavy (non-hydrogen) atoms. The summed E-state index contributed by atoms with van der Waals surface area (Å²) < 4.78 is 0. The molecule has 2 aromatic rings. The van der Waals surface area contributed by atoms with E-state index in [4.69, 9.17) is 23.1 Å². The lowest BCUT2D eigenvalue weighted by atomic mass is 10.2. The average Bonchev–Trinajstić information content (AvgIpc) is 2.34. The molecule has 0 aliphatic carbocycles. The number of halogens is 1. The van der Waals surface area contributed by atoms with Crippen LogP contribution in [0, 0.1) is 0 Å². The zero-order chi connectivity index (χ0) is 13.1. The van der Waals surface area contributed by atoms with E-state index in [0.717, 1.165) is 0 Å². The van der Waals surface area contributed by atoms with Crippen LogP contribution in [0.3, 0.4) is 0 Å². The molecular formula is C12H11ClN4O. The average molecular weight is 263 g/mol. The predicted octanol–water partition coefficient (Wildman–Crippen LogP) is 2.06. The van der Waals surface area contributed by atoms with Crippen molar-refractivity contribution in [3.8, 4) is 5.75 Å². The van der Waals surface area contributed by atoms with Crippen LogP contribution in [0.2, 0.25) is 5.02 Å². The second-order valence-electron chi connectivity index (χ2n) is 3.57. The molecule has 1 heterocycles. The number of nitrogens with two attached hydrogens (primary N) is 2. The quantitative estimate of drug-likeness (QED) is 0.570. The van der Waals surface area contributed by atoms with Crippen molar-refractivity contribution in [1.29, 1.82) is 0 Å². The third kappa shape index (κ3) is 2.52. The molecule has 0 saturated carbocycles. The second-order valence-corrected chi connectivity index (χ2v) is 3.98. The highest BCUT2D eigenvalue weighted by Gasteiger charge is 2.05. The normalized spacial score (nSPS) is 11.5. The summed E-state index contributed by atoms with van der Waals surface area (Å²) in [5.41, 5.74) is 12.9. The molecule has 0 aliphatic rings. The number of hydrogen-bond donors (Lipinski definition) is 3. The van der Waals surface area contributed by atoms with Crippen molar-refractivity contribution in [3.05, 3.63) is 47.2 Å². The number of phenolic OH excluding ortho intramolecular Hbond substituents is 1. The Hall–Kier alpha value is -2.27. The van der Waals surface area contributed by atoms with Crippen molar-refractivity contribution >= 4 is 28.8 Å². The van der Waals surface area contributed by atoms with Crippen LogP contribution in [0.1, 0.15) is 5.69 Å². The van der Waals surface area contributed by atoms with Gasteiger partial charge in [0.15, 0.2) is 5.84 Å². The first-order valence-corrected chi connectivity index (χ1v) is 5.49. The highest BCUT2D eigenvalue weighted by atomic mass is 35.5. The summed E-state index contributed by atoms with van der Waals surface area (Å²) in [6.45, 7) is 0. The van der Waals surface area contributed by atoms with Crippen LogP contribution in [-0.2, 0) is 0 Å². The van der Waals surface area contributed by atoms with Crippen molar-refractivity contribution in [2.75, 3.05) is 5.73 Å². The number of pyridine rings is 1. The molecule has 92 valence electrons. The Morgan fingerprint density at radius 2 is 2.11 bits per heavy atom. The van der Waals surface area contributed by atoms with E-state index in [1.807, 2.05) is 0 Å². The van der Waals surface area contributed by atoms with Crippen LogP contribution in [0.4, 0.5) is 11.4 Å². The molecule has 0 unspecified atom stereocenters. The second kappa shape index (κ2) is 4.93. The Balaban J connectivity index is 2.39. The molecule has 0 fully saturated rings. The summed E-state index contributed by atoms with van der Waals surface area (Å²) in [4.78, 5) is 8.20. The smallest absolute Gasteiger partial charge is 0.152 e. The minimum atomic E-state index is -0.00784. The Kier molecular flexibility index (Phi) is 3.34. The van der Waals surface area contributed by atoms with Crippen molar-refractivity contribution in [2.24, 2.45) is 10.7 Å². The largest absolute Gasteiger partial charge is 0.506 e. The molecular weight excluding hydrogens is 252 g/mol. The number of benzene rings is 1. The van der Waals surface area contributed by atoms with Gasteiger partial charge in [-0.3, -0.25) is 4.98 Å². The number of phenols is 1. The van der Waals surface area contributed by atoms with Crippen molar-refractivity contribution in [3.63, 3.8) is 0 Å². The molecule has 0 atom stereocenters. The van der Waals surface area contributed by atoms with Gasteiger partial charge in [0.1, 0.15) is 11.4 Å². The molecule has 0 bridgehead atoms. The summed E-state index contributed by atoms with van der Waals surface area (Å²) in [6.07, 6.45) is 1.58. The third-order valence-corrected chi connectivity index (χ3v) is 2.57. The molecule has 0 amide bonds. The number of rotatable bonds is 2. The van der Waals surface area contributed by atoms with E-state index in [9.17, 15) is 5.11 Å². The number of aliphatic imine (C=N–C) groups is 1. The van der Waals surface area contributed by atoms with Crippen molar-refractivity contribution < 1.29 is 5.11 Å². The van der Waals surface area contributed by atoms with E-state index in [2.05, 4.69) is 9.98 Å². The molecule has 1 aromatic heterocycles. The Morgan fingerprint density at radius 3 is 2.78 bits per heavy atom. The van der Waals surface area contributed by atoms with Crippen LogP contribution in [0.5, 0.6) is 5.75 Å². The SMILES string of the molecule is NC(=Nc1ccc(O)c(Cl)c1)c1ncccc1N. The van der Waals surface area contributed by atoms with Crippen molar-refractivity contribution in [2.45, 2.75) is 0 Å².